The Bertz CT molecular complexity index is 911. The molecule has 0 heterocycles. The number of hydrogen-bond donors (Lipinski definition) is 2. The predicted octanol–water partition coefficient (Wildman–Crippen LogP) is 2.17. The van der Waals surface area contributed by atoms with E-state index in [-0.39, 0.29) is 24.7 Å². The molecule has 1 aromatic carbocycles. The van der Waals surface area contributed by atoms with Crippen molar-refractivity contribution in [2.75, 3.05) is 19.7 Å². The number of benzene rings is 1. The fraction of sp³-hybridized carbons (Fsp3) is 0.550. The summed E-state index contributed by atoms with van der Waals surface area (Å²) in [4.78, 5) is 35.3. The van der Waals surface area contributed by atoms with E-state index in [0.717, 1.165) is 54.6 Å². The Kier molecular flexibility index (Phi) is 8.93. The standard InChI is InChI=1S/C20H28FN3O6S/c1-3-24(4-2)31(28,29)17-12-14(10-11-16(17)21)19(26)30-13-18(25)23-20(27)22-15-8-6-5-7-9-15/h10-12,15H,3-9,13H2,1-2H3,(H2,22,23,25,27). The van der Waals surface area contributed by atoms with Gasteiger partial charge in [0.05, 0.1) is 5.56 Å². The first-order valence-corrected chi connectivity index (χ1v) is 11.7. The van der Waals surface area contributed by atoms with E-state index in [1.165, 1.54) is 0 Å². The van der Waals surface area contributed by atoms with E-state index >= 15 is 0 Å². The van der Waals surface area contributed by atoms with Gasteiger partial charge in [0.25, 0.3) is 5.91 Å². The van der Waals surface area contributed by atoms with Crippen LogP contribution in [-0.4, -0.2) is 56.4 Å². The number of rotatable bonds is 8. The van der Waals surface area contributed by atoms with Crippen LogP contribution in [0.5, 0.6) is 0 Å². The molecule has 11 heteroatoms. The largest absolute Gasteiger partial charge is 0.452 e. The monoisotopic (exact) mass is 457 g/mol. The maximum atomic E-state index is 14.1. The second-order valence-electron chi connectivity index (χ2n) is 7.17. The van der Waals surface area contributed by atoms with Gasteiger partial charge in [-0.05, 0) is 31.0 Å². The van der Waals surface area contributed by atoms with Crippen LogP contribution in [0.1, 0.15) is 56.3 Å². The quantitative estimate of drug-likeness (QED) is 0.577. The normalized spacial score (nSPS) is 14.8. The van der Waals surface area contributed by atoms with Crippen LogP contribution in [-0.2, 0) is 19.6 Å². The first-order valence-electron chi connectivity index (χ1n) is 10.3. The third-order valence-corrected chi connectivity index (χ3v) is 7.08. The number of imide groups is 1. The molecule has 3 amide bonds. The minimum Gasteiger partial charge on any atom is -0.452 e. The highest BCUT2D eigenvalue weighted by Crippen LogP contribution is 2.21. The van der Waals surface area contributed by atoms with Gasteiger partial charge in [-0.2, -0.15) is 4.31 Å². The third kappa shape index (κ3) is 6.73. The zero-order valence-corrected chi connectivity index (χ0v) is 18.5. The van der Waals surface area contributed by atoms with Gasteiger partial charge in [0.2, 0.25) is 10.0 Å². The smallest absolute Gasteiger partial charge is 0.338 e. The molecule has 1 aromatic rings. The zero-order valence-electron chi connectivity index (χ0n) is 17.6. The summed E-state index contributed by atoms with van der Waals surface area (Å²) in [5, 5.41) is 4.78. The van der Waals surface area contributed by atoms with Crippen molar-refractivity contribution >= 4 is 27.9 Å². The fourth-order valence-corrected chi connectivity index (χ4v) is 4.92. The molecule has 31 heavy (non-hydrogen) atoms. The molecule has 1 aliphatic rings. The highest BCUT2D eigenvalue weighted by molar-refractivity contribution is 7.89. The van der Waals surface area contributed by atoms with Crippen molar-refractivity contribution in [2.24, 2.45) is 0 Å². The molecule has 0 saturated heterocycles. The molecule has 0 aromatic heterocycles. The van der Waals surface area contributed by atoms with E-state index in [1.54, 1.807) is 13.8 Å². The first-order chi connectivity index (χ1) is 14.7. The summed E-state index contributed by atoms with van der Waals surface area (Å²) in [5.74, 6) is -2.85. The molecule has 1 aliphatic carbocycles. The highest BCUT2D eigenvalue weighted by atomic mass is 32.2. The number of urea groups is 1. The highest BCUT2D eigenvalue weighted by Gasteiger charge is 2.27. The molecular formula is C20H28FN3O6S. The van der Waals surface area contributed by atoms with Gasteiger partial charge in [-0.15, -0.1) is 0 Å². The molecule has 172 valence electrons. The Hall–Kier alpha value is -2.53. The number of amides is 3. The molecule has 2 rings (SSSR count). The topological polar surface area (TPSA) is 122 Å². The molecule has 0 radical (unpaired) electrons. The number of hydrogen-bond acceptors (Lipinski definition) is 6. The van der Waals surface area contributed by atoms with Gasteiger partial charge in [0.15, 0.2) is 6.61 Å². The SMILES string of the molecule is CCN(CC)S(=O)(=O)c1cc(C(=O)OCC(=O)NC(=O)NC2CCCCC2)ccc1F. The zero-order chi connectivity index (χ0) is 23.0. The number of carbonyl (C=O) groups excluding carboxylic acids is 3. The van der Waals surface area contributed by atoms with Crippen LogP contribution in [0.4, 0.5) is 9.18 Å². The van der Waals surface area contributed by atoms with Gasteiger partial charge in [0, 0.05) is 19.1 Å². The lowest BCUT2D eigenvalue weighted by atomic mass is 9.96. The Labute approximate surface area is 181 Å². The van der Waals surface area contributed by atoms with Gasteiger partial charge >= 0.3 is 12.0 Å². The van der Waals surface area contributed by atoms with Crippen LogP contribution in [0.2, 0.25) is 0 Å². The van der Waals surface area contributed by atoms with Crippen LogP contribution < -0.4 is 10.6 Å². The maximum absolute atomic E-state index is 14.1. The molecule has 1 fully saturated rings. The molecule has 0 spiro atoms. The van der Waals surface area contributed by atoms with Crippen LogP contribution in [0.15, 0.2) is 23.1 Å². The van der Waals surface area contributed by atoms with E-state index in [9.17, 15) is 27.2 Å². The molecule has 9 nitrogen and oxygen atoms in total. The van der Waals surface area contributed by atoms with E-state index in [2.05, 4.69) is 10.6 Å². The predicted molar refractivity (Wildman–Crippen MR) is 110 cm³/mol. The number of carbonyl (C=O) groups is 3. The van der Waals surface area contributed by atoms with Crippen molar-refractivity contribution in [1.82, 2.24) is 14.9 Å². The van der Waals surface area contributed by atoms with Gasteiger partial charge in [-0.25, -0.2) is 22.4 Å². The molecule has 0 unspecified atom stereocenters. The number of nitrogens with one attached hydrogen (secondary N) is 2. The van der Waals surface area contributed by atoms with Gasteiger partial charge in [0.1, 0.15) is 10.7 Å². The lowest BCUT2D eigenvalue weighted by molar-refractivity contribution is -0.123. The summed E-state index contributed by atoms with van der Waals surface area (Å²) >= 11 is 0. The van der Waals surface area contributed by atoms with Crippen molar-refractivity contribution in [3.05, 3.63) is 29.6 Å². The van der Waals surface area contributed by atoms with Gasteiger partial charge in [-0.1, -0.05) is 33.1 Å². The summed E-state index contributed by atoms with van der Waals surface area (Å²) in [7, 11) is -4.13. The summed E-state index contributed by atoms with van der Waals surface area (Å²) < 4.78 is 45.2. The van der Waals surface area contributed by atoms with E-state index in [1.807, 2.05) is 0 Å². The molecule has 0 aliphatic heterocycles. The van der Waals surface area contributed by atoms with Crippen LogP contribution in [0.25, 0.3) is 0 Å². The summed E-state index contributed by atoms with van der Waals surface area (Å²) in [6, 6.07) is 2.13. The van der Waals surface area contributed by atoms with Crippen LogP contribution in [0, 0.1) is 5.82 Å². The van der Waals surface area contributed by atoms with E-state index in [4.69, 9.17) is 4.74 Å². The molecule has 2 N–H and O–H groups in total. The third-order valence-electron chi connectivity index (χ3n) is 5.02. The Morgan fingerprint density at radius 2 is 1.77 bits per heavy atom. The number of halogens is 1. The summed E-state index contributed by atoms with van der Waals surface area (Å²) in [6.07, 6.45) is 4.84. The van der Waals surface area contributed by atoms with Crippen molar-refractivity contribution in [3.8, 4) is 0 Å². The van der Waals surface area contributed by atoms with Crippen molar-refractivity contribution in [2.45, 2.75) is 56.9 Å². The minimum atomic E-state index is -4.13. The Morgan fingerprint density at radius 3 is 2.39 bits per heavy atom. The Balaban J connectivity index is 1.96. The number of ether oxygens (including phenoxy) is 1. The van der Waals surface area contributed by atoms with E-state index < -0.39 is 45.3 Å². The van der Waals surface area contributed by atoms with Crippen LogP contribution >= 0.6 is 0 Å². The lowest BCUT2D eigenvalue weighted by Gasteiger charge is -2.22. The Morgan fingerprint density at radius 1 is 1.13 bits per heavy atom. The summed E-state index contributed by atoms with van der Waals surface area (Å²) in [6.45, 7) is 2.75. The lowest BCUT2D eigenvalue weighted by Crippen LogP contribution is -2.46. The van der Waals surface area contributed by atoms with Crippen LogP contribution in [0.3, 0.4) is 0 Å². The van der Waals surface area contributed by atoms with E-state index in [0.29, 0.717) is 0 Å². The van der Waals surface area contributed by atoms with Crippen molar-refractivity contribution in [3.63, 3.8) is 0 Å². The molecule has 0 atom stereocenters. The number of sulfonamides is 1. The average molecular weight is 458 g/mol. The molecule has 1 saturated carbocycles. The maximum Gasteiger partial charge on any atom is 0.338 e. The van der Waals surface area contributed by atoms with Crippen molar-refractivity contribution < 1.29 is 31.9 Å². The second kappa shape index (κ2) is 11.2. The molecular weight excluding hydrogens is 429 g/mol. The van der Waals surface area contributed by atoms with Gasteiger partial charge in [-0.3, -0.25) is 10.1 Å². The first kappa shape index (κ1) is 24.7. The number of esters is 1. The van der Waals surface area contributed by atoms with Crippen molar-refractivity contribution in [1.29, 1.82) is 0 Å². The minimum absolute atomic E-state index is 0.00879. The fourth-order valence-electron chi connectivity index (χ4n) is 3.38. The molecule has 0 bridgehead atoms. The summed E-state index contributed by atoms with van der Waals surface area (Å²) in [5.41, 5.74) is -0.230. The number of nitrogens with zero attached hydrogens (tertiary/aromatic N) is 1. The average Bonchev–Trinajstić information content (AvgIpc) is 2.73. The second-order valence-corrected chi connectivity index (χ2v) is 9.07. The van der Waals surface area contributed by atoms with Gasteiger partial charge < -0.3 is 10.1 Å².